The van der Waals surface area contributed by atoms with Gasteiger partial charge < -0.3 is 9.88 Å². The average Bonchev–Trinajstić information content (AvgIpc) is 3.25. The van der Waals surface area contributed by atoms with Crippen LogP contribution in [0.25, 0.3) is 22.2 Å². The van der Waals surface area contributed by atoms with Crippen molar-refractivity contribution in [2.24, 2.45) is 0 Å². The van der Waals surface area contributed by atoms with Crippen LogP contribution in [0.1, 0.15) is 28.8 Å². The molecule has 2 aromatic heterocycles. The second-order valence-corrected chi connectivity index (χ2v) is 6.91. The van der Waals surface area contributed by atoms with Gasteiger partial charge in [-0.3, -0.25) is 19.7 Å². The SMILES string of the molecule is O=C1CCC(N2Cc3cc(-c4cnc5[nH]ccc5c4)ccc3C2=O)C(=O)N1. The highest BCUT2D eigenvalue weighted by Crippen LogP contribution is 2.31. The monoisotopic (exact) mass is 360 g/mol. The van der Waals surface area contributed by atoms with Gasteiger partial charge in [0, 0.05) is 41.9 Å². The van der Waals surface area contributed by atoms with Gasteiger partial charge in [-0.05, 0) is 41.8 Å². The molecule has 134 valence electrons. The Morgan fingerprint density at radius 2 is 1.96 bits per heavy atom. The number of aromatic nitrogens is 2. The van der Waals surface area contributed by atoms with Crippen molar-refractivity contribution in [2.75, 3.05) is 0 Å². The van der Waals surface area contributed by atoms with Gasteiger partial charge in [-0.25, -0.2) is 4.98 Å². The standard InChI is InChI=1S/C20H16N4O3/c25-17-4-3-16(19(26)23-17)24-10-14-7-11(1-2-15(14)20(24)27)13-8-12-5-6-21-18(12)22-9-13/h1-2,5-9,16H,3-4,10H2,(H,21,22)(H,23,25,26). The first-order valence-electron chi connectivity index (χ1n) is 8.81. The van der Waals surface area contributed by atoms with E-state index in [0.29, 0.717) is 18.5 Å². The Morgan fingerprint density at radius 1 is 1.07 bits per heavy atom. The van der Waals surface area contributed by atoms with Crippen molar-refractivity contribution in [3.05, 3.63) is 53.9 Å². The summed E-state index contributed by atoms with van der Waals surface area (Å²) in [5.74, 6) is -0.838. The third-order valence-electron chi connectivity index (χ3n) is 5.26. The Labute approximate surface area is 154 Å². The van der Waals surface area contributed by atoms with Crippen molar-refractivity contribution in [1.29, 1.82) is 0 Å². The van der Waals surface area contributed by atoms with Gasteiger partial charge in [-0.15, -0.1) is 0 Å². The predicted molar refractivity (Wildman–Crippen MR) is 97.6 cm³/mol. The summed E-state index contributed by atoms with van der Waals surface area (Å²) in [6.45, 7) is 0.369. The number of imide groups is 1. The number of hydrogen-bond acceptors (Lipinski definition) is 4. The summed E-state index contributed by atoms with van der Waals surface area (Å²) in [6, 6.07) is 9.11. The molecular weight excluding hydrogens is 344 g/mol. The first-order valence-corrected chi connectivity index (χ1v) is 8.81. The van der Waals surface area contributed by atoms with E-state index < -0.39 is 11.9 Å². The highest BCUT2D eigenvalue weighted by atomic mass is 16.2. The number of pyridine rings is 1. The Hall–Kier alpha value is -3.48. The van der Waals surface area contributed by atoms with Gasteiger partial charge in [-0.1, -0.05) is 6.07 Å². The molecule has 3 aromatic rings. The van der Waals surface area contributed by atoms with Gasteiger partial charge in [0.2, 0.25) is 11.8 Å². The molecule has 2 N–H and O–H groups in total. The molecule has 4 heterocycles. The van der Waals surface area contributed by atoms with Gasteiger partial charge in [-0.2, -0.15) is 0 Å². The summed E-state index contributed by atoms with van der Waals surface area (Å²) in [7, 11) is 0. The summed E-state index contributed by atoms with van der Waals surface area (Å²) >= 11 is 0. The Balaban J connectivity index is 1.46. The van der Waals surface area contributed by atoms with Crippen molar-refractivity contribution >= 4 is 28.8 Å². The van der Waals surface area contributed by atoms with Crippen LogP contribution in [0.2, 0.25) is 0 Å². The van der Waals surface area contributed by atoms with Gasteiger partial charge in [0.1, 0.15) is 11.7 Å². The van der Waals surface area contributed by atoms with Crippen molar-refractivity contribution in [3.8, 4) is 11.1 Å². The molecule has 1 atom stereocenters. The van der Waals surface area contributed by atoms with Crippen LogP contribution in [-0.2, 0) is 16.1 Å². The number of carbonyl (C=O) groups excluding carboxylic acids is 3. The van der Waals surface area contributed by atoms with E-state index in [4.69, 9.17) is 0 Å². The van der Waals surface area contributed by atoms with E-state index in [2.05, 4.69) is 21.4 Å². The predicted octanol–water partition coefficient (Wildman–Crippen LogP) is 1.99. The summed E-state index contributed by atoms with van der Waals surface area (Å²) in [5.41, 5.74) is 4.27. The van der Waals surface area contributed by atoms with Crippen molar-refractivity contribution in [2.45, 2.75) is 25.4 Å². The van der Waals surface area contributed by atoms with Crippen LogP contribution in [0.5, 0.6) is 0 Å². The summed E-state index contributed by atoms with van der Waals surface area (Å²) < 4.78 is 0. The Morgan fingerprint density at radius 3 is 2.81 bits per heavy atom. The zero-order valence-electron chi connectivity index (χ0n) is 14.4. The lowest BCUT2D eigenvalue weighted by Gasteiger charge is -2.29. The maximum absolute atomic E-state index is 12.8. The zero-order valence-corrected chi connectivity index (χ0v) is 14.4. The number of nitrogens with one attached hydrogen (secondary N) is 2. The fourth-order valence-electron chi connectivity index (χ4n) is 3.85. The fourth-order valence-corrected chi connectivity index (χ4v) is 3.85. The number of H-pyrrole nitrogens is 1. The van der Waals surface area contributed by atoms with E-state index in [1.807, 2.05) is 24.4 Å². The number of piperidine rings is 1. The minimum Gasteiger partial charge on any atom is -0.346 e. The second kappa shape index (κ2) is 5.77. The van der Waals surface area contributed by atoms with Crippen LogP contribution >= 0.6 is 0 Å². The van der Waals surface area contributed by atoms with Gasteiger partial charge in [0.25, 0.3) is 5.91 Å². The molecule has 2 aliphatic rings. The highest BCUT2D eigenvalue weighted by molar-refractivity contribution is 6.05. The van der Waals surface area contributed by atoms with E-state index in [1.165, 1.54) is 0 Å². The van der Waals surface area contributed by atoms with E-state index in [1.54, 1.807) is 17.2 Å². The normalized spacial score (nSPS) is 19.5. The lowest BCUT2D eigenvalue weighted by molar-refractivity contribution is -0.136. The second-order valence-electron chi connectivity index (χ2n) is 6.91. The molecule has 1 unspecified atom stereocenters. The van der Waals surface area contributed by atoms with Crippen LogP contribution in [0.4, 0.5) is 0 Å². The largest absolute Gasteiger partial charge is 0.346 e. The molecular formula is C20H16N4O3. The van der Waals surface area contributed by atoms with Crippen LogP contribution in [0, 0.1) is 0 Å². The lowest BCUT2D eigenvalue weighted by Crippen LogP contribution is -2.52. The van der Waals surface area contributed by atoms with Crippen LogP contribution in [0.15, 0.2) is 42.7 Å². The van der Waals surface area contributed by atoms with E-state index in [-0.39, 0.29) is 18.2 Å². The number of hydrogen-bond donors (Lipinski definition) is 2. The minimum atomic E-state index is -0.594. The van der Waals surface area contributed by atoms with Crippen LogP contribution < -0.4 is 5.32 Å². The molecule has 27 heavy (non-hydrogen) atoms. The molecule has 7 heteroatoms. The minimum absolute atomic E-state index is 0.162. The average molecular weight is 360 g/mol. The first-order chi connectivity index (χ1) is 13.1. The molecule has 1 saturated heterocycles. The van der Waals surface area contributed by atoms with Gasteiger partial charge in [0.15, 0.2) is 0 Å². The summed E-state index contributed by atoms with van der Waals surface area (Å²) in [6.07, 6.45) is 4.27. The Kier molecular flexibility index (Phi) is 3.36. The molecule has 0 saturated carbocycles. The van der Waals surface area contributed by atoms with Gasteiger partial charge in [0.05, 0.1) is 0 Å². The van der Waals surface area contributed by atoms with E-state index >= 15 is 0 Å². The van der Waals surface area contributed by atoms with Crippen molar-refractivity contribution in [3.63, 3.8) is 0 Å². The molecule has 2 aliphatic heterocycles. The number of benzene rings is 1. The Bertz CT molecular complexity index is 1120. The number of nitrogens with zero attached hydrogens (tertiary/aromatic N) is 2. The first kappa shape index (κ1) is 15.7. The van der Waals surface area contributed by atoms with E-state index in [9.17, 15) is 14.4 Å². The fraction of sp³-hybridized carbons (Fsp3) is 0.200. The van der Waals surface area contributed by atoms with E-state index in [0.717, 1.165) is 27.7 Å². The molecule has 0 bridgehead atoms. The number of rotatable bonds is 2. The van der Waals surface area contributed by atoms with Gasteiger partial charge >= 0.3 is 0 Å². The quantitative estimate of drug-likeness (QED) is 0.683. The molecule has 1 fully saturated rings. The molecule has 7 nitrogen and oxygen atoms in total. The third-order valence-corrected chi connectivity index (χ3v) is 5.26. The maximum Gasteiger partial charge on any atom is 0.255 e. The third kappa shape index (κ3) is 2.51. The topological polar surface area (TPSA) is 95.2 Å². The molecule has 3 amide bonds. The van der Waals surface area contributed by atoms with Crippen LogP contribution in [-0.4, -0.2) is 38.6 Å². The summed E-state index contributed by atoms with van der Waals surface area (Å²) in [5, 5.41) is 3.34. The molecule has 0 spiro atoms. The zero-order chi connectivity index (χ0) is 18.5. The molecule has 0 aliphatic carbocycles. The number of amides is 3. The molecule has 0 radical (unpaired) electrons. The smallest absolute Gasteiger partial charge is 0.255 e. The number of carbonyl (C=O) groups is 3. The van der Waals surface area contributed by atoms with Crippen LogP contribution in [0.3, 0.4) is 0 Å². The van der Waals surface area contributed by atoms with Crippen molar-refractivity contribution in [1.82, 2.24) is 20.2 Å². The number of aromatic amines is 1. The lowest BCUT2D eigenvalue weighted by atomic mass is 10.0. The molecule has 5 rings (SSSR count). The highest BCUT2D eigenvalue weighted by Gasteiger charge is 2.39. The number of fused-ring (bicyclic) bond motifs is 2. The summed E-state index contributed by atoms with van der Waals surface area (Å²) in [4.78, 5) is 45.3. The maximum atomic E-state index is 12.8. The van der Waals surface area contributed by atoms with Crippen molar-refractivity contribution < 1.29 is 14.4 Å². The molecule has 1 aromatic carbocycles.